The molecule has 0 N–H and O–H groups in total. The van der Waals surface area contributed by atoms with E-state index in [1.54, 1.807) is 12.5 Å². The molecule has 0 saturated heterocycles. The van der Waals surface area contributed by atoms with Crippen LogP contribution in [0.15, 0.2) is 12.5 Å². The first-order valence-electron chi connectivity index (χ1n) is 4.65. The zero-order valence-electron chi connectivity index (χ0n) is 8.03. The first-order valence-corrected chi connectivity index (χ1v) is 4.65. The summed E-state index contributed by atoms with van der Waals surface area (Å²) < 4.78 is 1.93. The Kier molecular flexibility index (Phi) is 1.88. The molecule has 0 bridgehead atoms. The molecule has 14 heavy (non-hydrogen) atoms. The van der Waals surface area contributed by atoms with Crippen LogP contribution in [0.5, 0.6) is 0 Å². The third-order valence-electron chi connectivity index (χ3n) is 2.76. The highest BCUT2D eigenvalue weighted by Crippen LogP contribution is 2.40. The predicted octanol–water partition coefficient (Wildman–Crippen LogP) is 1.03. The molecule has 2 rings (SSSR count). The van der Waals surface area contributed by atoms with Crippen molar-refractivity contribution in [2.24, 2.45) is 0 Å². The van der Waals surface area contributed by atoms with Gasteiger partial charge in [0, 0.05) is 25.6 Å². The first kappa shape index (κ1) is 8.95. The van der Waals surface area contributed by atoms with Crippen molar-refractivity contribution >= 4 is 5.78 Å². The number of carbonyl (C=O) groups is 1. The molecule has 0 spiro atoms. The molecule has 0 aliphatic heterocycles. The number of hydrogen-bond acceptors (Lipinski definition) is 3. The Bertz CT molecular complexity index is 405. The Morgan fingerprint density at radius 1 is 1.71 bits per heavy atom. The van der Waals surface area contributed by atoms with E-state index in [4.69, 9.17) is 5.26 Å². The molecular weight excluding hydrogens is 178 g/mol. The van der Waals surface area contributed by atoms with E-state index < -0.39 is 5.41 Å². The molecule has 4 nitrogen and oxygen atoms in total. The van der Waals surface area contributed by atoms with E-state index in [0.717, 1.165) is 12.2 Å². The van der Waals surface area contributed by atoms with Crippen molar-refractivity contribution in [1.29, 1.82) is 5.26 Å². The van der Waals surface area contributed by atoms with Crippen LogP contribution in [0.2, 0.25) is 0 Å². The predicted molar refractivity (Wildman–Crippen MR) is 49.4 cm³/mol. The Hall–Kier alpha value is -1.63. The van der Waals surface area contributed by atoms with Crippen LogP contribution in [0.1, 0.15) is 25.5 Å². The van der Waals surface area contributed by atoms with Crippen molar-refractivity contribution in [3.05, 3.63) is 18.2 Å². The van der Waals surface area contributed by atoms with Crippen LogP contribution >= 0.6 is 0 Å². The quantitative estimate of drug-likeness (QED) is 0.698. The van der Waals surface area contributed by atoms with E-state index in [0.29, 0.717) is 12.8 Å². The van der Waals surface area contributed by atoms with Gasteiger partial charge in [-0.3, -0.25) is 4.79 Å². The molecule has 0 atom stereocenters. The molecular formula is C10H11N3O. The van der Waals surface area contributed by atoms with Gasteiger partial charge in [-0.05, 0) is 6.92 Å². The highest BCUT2D eigenvalue weighted by molar-refractivity contribution is 5.89. The molecule has 0 unspecified atom stereocenters. The summed E-state index contributed by atoms with van der Waals surface area (Å²) in [6, 6.07) is 2.24. The maximum atomic E-state index is 11.0. The van der Waals surface area contributed by atoms with Gasteiger partial charge in [0.15, 0.2) is 0 Å². The number of nitrogens with zero attached hydrogens (tertiary/aromatic N) is 3. The fourth-order valence-electron chi connectivity index (χ4n) is 1.91. The largest absolute Gasteiger partial charge is 0.333 e. The molecule has 1 heterocycles. The SMILES string of the molecule is CCn1cncc1C1(C#N)CC(=O)C1. The van der Waals surface area contributed by atoms with Crippen LogP contribution < -0.4 is 0 Å². The van der Waals surface area contributed by atoms with Gasteiger partial charge in [0.25, 0.3) is 0 Å². The molecule has 4 heteroatoms. The minimum Gasteiger partial charge on any atom is -0.333 e. The van der Waals surface area contributed by atoms with Crippen LogP contribution in [0, 0.1) is 11.3 Å². The van der Waals surface area contributed by atoms with Gasteiger partial charge in [-0.15, -0.1) is 0 Å². The highest BCUT2D eigenvalue weighted by Gasteiger charge is 2.47. The molecule has 1 aromatic rings. The summed E-state index contributed by atoms with van der Waals surface area (Å²) in [4.78, 5) is 15.0. The summed E-state index contributed by atoms with van der Waals surface area (Å²) in [5, 5.41) is 9.10. The topological polar surface area (TPSA) is 58.7 Å². The lowest BCUT2D eigenvalue weighted by Crippen LogP contribution is -2.41. The molecule has 0 amide bonds. The number of imidazole rings is 1. The molecule has 0 radical (unpaired) electrons. The van der Waals surface area contributed by atoms with Crippen molar-refractivity contribution in [3.63, 3.8) is 0 Å². The summed E-state index contributed by atoms with van der Waals surface area (Å²) in [5.74, 6) is 0.162. The number of Topliss-reactive ketones (excluding diaryl/α,β-unsaturated/α-hetero) is 1. The second kappa shape index (κ2) is 2.95. The van der Waals surface area contributed by atoms with Crippen LogP contribution in [-0.4, -0.2) is 15.3 Å². The number of carbonyl (C=O) groups excluding carboxylic acids is 1. The highest BCUT2D eigenvalue weighted by atomic mass is 16.1. The van der Waals surface area contributed by atoms with Gasteiger partial charge in [-0.2, -0.15) is 5.26 Å². The van der Waals surface area contributed by atoms with Gasteiger partial charge in [-0.25, -0.2) is 4.98 Å². The van der Waals surface area contributed by atoms with Crippen LogP contribution in [0.4, 0.5) is 0 Å². The summed E-state index contributed by atoms with van der Waals surface area (Å²) in [6.45, 7) is 2.78. The van der Waals surface area contributed by atoms with E-state index >= 15 is 0 Å². The third kappa shape index (κ3) is 1.06. The van der Waals surface area contributed by atoms with Gasteiger partial charge < -0.3 is 4.57 Å². The fourth-order valence-corrected chi connectivity index (χ4v) is 1.91. The van der Waals surface area contributed by atoms with Gasteiger partial charge in [0.1, 0.15) is 11.2 Å². The molecule has 1 saturated carbocycles. The number of ketones is 1. The summed E-state index contributed by atoms with van der Waals surface area (Å²) in [5.41, 5.74) is 0.283. The number of hydrogen-bond donors (Lipinski definition) is 0. The van der Waals surface area contributed by atoms with Crippen molar-refractivity contribution in [2.75, 3.05) is 0 Å². The van der Waals surface area contributed by atoms with Gasteiger partial charge in [-0.1, -0.05) is 0 Å². The van der Waals surface area contributed by atoms with Crippen molar-refractivity contribution in [2.45, 2.75) is 31.7 Å². The van der Waals surface area contributed by atoms with E-state index in [-0.39, 0.29) is 5.78 Å². The molecule has 1 aliphatic rings. The second-order valence-corrected chi connectivity index (χ2v) is 3.65. The maximum Gasteiger partial charge on any atom is 0.136 e. The average Bonchev–Trinajstić information content (AvgIpc) is 2.60. The van der Waals surface area contributed by atoms with Crippen LogP contribution in [0.25, 0.3) is 0 Å². The Balaban J connectivity index is 2.39. The summed E-state index contributed by atoms with van der Waals surface area (Å²) in [6.07, 6.45) is 4.08. The van der Waals surface area contributed by atoms with Crippen molar-refractivity contribution in [3.8, 4) is 6.07 Å². The number of nitriles is 1. The van der Waals surface area contributed by atoms with Gasteiger partial charge in [0.05, 0.1) is 18.1 Å². The first-order chi connectivity index (χ1) is 6.72. The number of aromatic nitrogens is 2. The number of rotatable bonds is 2. The van der Waals surface area contributed by atoms with Crippen LogP contribution in [0.3, 0.4) is 0 Å². The normalized spacial score (nSPS) is 18.7. The van der Waals surface area contributed by atoms with Crippen LogP contribution in [-0.2, 0) is 16.8 Å². The summed E-state index contributed by atoms with van der Waals surface area (Å²) >= 11 is 0. The minimum atomic E-state index is -0.594. The molecule has 1 aromatic heterocycles. The smallest absolute Gasteiger partial charge is 0.136 e. The number of aryl methyl sites for hydroxylation is 1. The zero-order chi connectivity index (χ0) is 10.2. The lowest BCUT2D eigenvalue weighted by molar-refractivity contribution is -0.126. The fraction of sp³-hybridized carbons (Fsp3) is 0.500. The third-order valence-corrected chi connectivity index (χ3v) is 2.76. The van der Waals surface area contributed by atoms with E-state index in [2.05, 4.69) is 11.1 Å². The van der Waals surface area contributed by atoms with Crippen molar-refractivity contribution in [1.82, 2.24) is 9.55 Å². The lowest BCUT2D eigenvalue weighted by atomic mass is 9.67. The summed E-state index contributed by atoms with van der Waals surface area (Å²) in [7, 11) is 0. The maximum absolute atomic E-state index is 11.0. The average molecular weight is 189 g/mol. The molecule has 1 aliphatic carbocycles. The van der Waals surface area contributed by atoms with E-state index in [1.807, 2.05) is 11.5 Å². The Labute approximate surface area is 82.2 Å². The van der Waals surface area contributed by atoms with E-state index in [9.17, 15) is 4.79 Å². The monoisotopic (exact) mass is 189 g/mol. The standard InChI is InChI=1S/C10H11N3O/c1-2-13-7-12-5-9(13)10(6-11)3-8(14)4-10/h5,7H,2-4H2,1H3. The van der Waals surface area contributed by atoms with Gasteiger partial charge in [0.2, 0.25) is 0 Å². The van der Waals surface area contributed by atoms with E-state index in [1.165, 1.54) is 0 Å². The minimum absolute atomic E-state index is 0.162. The van der Waals surface area contributed by atoms with Gasteiger partial charge >= 0.3 is 0 Å². The van der Waals surface area contributed by atoms with Crippen molar-refractivity contribution < 1.29 is 4.79 Å². The second-order valence-electron chi connectivity index (χ2n) is 3.65. The Morgan fingerprint density at radius 3 is 2.93 bits per heavy atom. The Morgan fingerprint density at radius 2 is 2.43 bits per heavy atom. The molecule has 72 valence electrons. The molecule has 0 aromatic carbocycles. The zero-order valence-corrected chi connectivity index (χ0v) is 8.03. The molecule has 1 fully saturated rings. The lowest BCUT2D eigenvalue weighted by Gasteiger charge is -2.33.